The number of methoxy groups -OCH3 is 1. The number of nitrogens with one attached hydrogen (secondary N) is 2. The number of fused-ring (bicyclic) bond motifs is 7. The maximum Gasteiger partial charge on any atom is 0.251 e. The highest BCUT2D eigenvalue weighted by Crippen LogP contribution is 2.68. The number of halogens is 1. The van der Waals surface area contributed by atoms with Crippen molar-refractivity contribution >= 4 is 40.6 Å². The zero-order chi connectivity index (χ0) is 25.5. The minimum Gasteiger partial charge on any atom is -0.496 e. The van der Waals surface area contributed by atoms with Gasteiger partial charge in [0.15, 0.2) is 5.78 Å². The van der Waals surface area contributed by atoms with Crippen LogP contribution < -0.4 is 15.4 Å². The molecule has 0 aromatic heterocycles. The van der Waals surface area contributed by atoms with Gasteiger partial charge in [-0.05, 0) is 61.3 Å². The first kappa shape index (κ1) is 22.5. The summed E-state index contributed by atoms with van der Waals surface area (Å²) in [7, 11) is 1.53. The van der Waals surface area contributed by atoms with E-state index in [4.69, 9.17) is 16.3 Å². The summed E-state index contributed by atoms with van der Waals surface area (Å²) in [5.41, 5.74) is -0.0129. The zero-order valence-electron chi connectivity index (χ0n) is 20.1. The number of hydrogen-bond donors (Lipinski definition) is 2. The van der Waals surface area contributed by atoms with Crippen molar-refractivity contribution in [1.29, 1.82) is 0 Å². The fourth-order valence-corrected chi connectivity index (χ4v) is 7.74. The number of para-hydroxylation sites is 2. The van der Waals surface area contributed by atoms with E-state index in [9.17, 15) is 14.4 Å². The van der Waals surface area contributed by atoms with Crippen LogP contribution in [-0.2, 0) is 20.5 Å². The van der Waals surface area contributed by atoms with Gasteiger partial charge < -0.3 is 15.4 Å². The van der Waals surface area contributed by atoms with Gasteiger partial charge in [0.05, 0.1) is 18.6 Å². The maximum absolute atomic E-state index is 14.7. The van der Waals surface area contributed by atoms with Crippen LogP contribution in [-0.4, -0.2) is 42.2 Å². The van der Waals surface area contributed by atoms with Gasteiger partial charge >= 0.3 is 0 Å². The van der Waals surface area contributed by atoms with Gasteiger partial charge in [0.25, 0.3) is 5.91 Å². The lowest BCUT2D eigenvalue weighted by Crippen LogP contribution is -2.62. The molecule has 2 amide bonds. The average Bonchev–Trinajstić information content (AvgIpc) is 3.62. The summed E-state index contributed by atoms with van der Waals surface area (Å²) in [4.78, 5) is 45.6. The Morgan fingerprint density at radius 1 is 0.973 bits per heavy atom. The van der Waals surface area contributed by atoms with Crippen molar-refractivity contribution in [1.82, 2.24) is 4.90 Å². The quantitative estimate of drug-likeness (QED) is 0.508. The number of ether oxygens (including phenoxy) is 1. The molecule has 4 heterocycles. The summed E-state index contributed by atoms with van der Waals surface area (Å²) in [6.07, 6.45) is 1.50. The molecule has 0 radical (unpaired) electrons. The molecule has 0 saturated carbocycles. The smallest absolute Gasteiger partial charge is 0.251 e. The minimum atomic E-state index is -1.51. The normalized spacial score (nSPS) is 29.2. The summed E-state index contributed by atoms with van der Waals surface area (Å²) in [5.74, 6) is -1.25. The molecule has 8 heteroatoms. The number of amides is 2. The van der Waals surface area contributed by atoms with Crippen molar-refractivity contribution in [3.8, 4) is 5.75 Å². The van der Waals surface area contributed by atoms with E-state index in [2.05, 4.69) is 15.5 Å². The van der Waals surface area contributed by atoms with Crippen molar-refractivity contribution in [2.75, 3.05) is 24.3 Å². The highest BCUT2D eigenvalue weighted by Gasteiger charge is 2.81. The van der Waals surface area contributed by atoms with Gasteiger partial charge in [0.2, 0.25) is 5.91 Å². The van der Waals surface area contributed by atoms with Gasteiger partial charge in [-0.1, -0.05) is 41.9 Å². The first-order chi connectivity index (χ1) is 18.0. The molecule has 7 rings (SSSR count). The van der Waals surface area contributed by atoms with E-state index in [0.717, 1.165) is 6.42 Å². The van der Waals surface area contributed by atoms with E-state index >= 15 is 0 Å². The first-order valence-electron chi connectivity index (χ1n) is 12.4. The van der Waals surface area contributed by atoms with Crippen LogP contribution in [0.4, 0.5) is 11.4 Å². The number of benzene rings is 3. The molecule has 4 aliphatic heterocycles. The number of Topliss-reactive ketones (excluding diaryl/α,β-unsaturated/α-hetero) is 1. The molecule has 3 aromatic rings. The molecular weight excluding hydrogens is 490 g/mol. The molecule has 2 saturated heterocycles. The Balaban J connectivity index is 1.60. The van der Waals surface area contributed by atoms with E-state index in [1.807, 2.05) is 30.3 Å². The first-order valence-corrected chi connectivity index (χ1v) is 12.8. The number of anilines is 2. The third kappa shape index (κ3) is 2.53. The van der Waals surface area contributed by atoms with Gasteiger partial charge in [-0.25, -0.2) is 0 Å². The topological polar surface area (TPSA) is 87.7 Å². The molecule has 3 aromatic carbocycles. The molecule has 2 N–H and O–H groups in total. The predicted octanol–water partition coefficient (Wildman–Crippen LogP) is 4.36. The molecule has 4 atom stereocenters. The summed E-state index contributed by atoms with van der Waals surface area (Å²) < 4.78 is 5.56. The van der Waals surface area contributed by atoms with E-state index in [1.54, 1.807) is 36.4 Å². The maximum atomic E-state index is 14.7. The van der Waals surface area contributed by atoms with Crippen LogP contribution in [0.15, 0.2) is 66.7 Å². The van der Waals surface area contributed by atoms with Crippen LogP contribution in [0.3, 0.4) is 0 Å². The minimum absolute atomic E-state index is 0.207. The molecule has 186 valence electrons. The Hall–Kier alpha value is -3.68. The molecule has 4 aliphatic rings. The molecular formula is C29H24ClN3O4. The highest BCUT2D eigenvalue weighted by molar-refractivity contribution is 6.31. The van der Waals surface area contributed by atoms with Crippen LogP contribution in [0.2, 0.25) is 5.02 Å². The number of ketones is 1. The summed E-state index contributed by atoms with van der Waals surface area (Å²) in [6.45, 7) is 0.580. The third-order valence-corrected chi connectivity index (χ3v) is 8.95. The second-order valence-corrected chi connectivity index (χ2v) is 10.5. The Morgan fingerprint density at radius 3 is 2.54 bits per heavy atom. The van der Waals surface area contributed by atoms with Crippen molar-refractivity contribution in [2.45, 2.75) is 29.8 Å². The molecule has 2 spiro atoms. The number of carbonyl (C=O) groups is 3. The monoisotopic (exact) mass is 513 g/mol. The highest BCUT2D eigenvalue weighted by atomic mass is 35.5. The molecule has 37 heavy (non-hydrogen) atoms. The molecule has 2 fully saturated rings. The fraction of sp³-hybridized carbons (Fsp3) is 0.276. The van der Waals surface area contributed by atoms with Crippen LogP contribution in [0.5, 0.6) is 5.75 Å². The third-order valence-electron chi connectivity index (χ3n) is 8.71. The number of carbonyl (C=O) groups excluding carboxylic acids is 3. The van der Waals surface area contributed by atoms with E-state index in [0.29, 0.717) is 51.8 Å². The molecule has 0 bridgehead atoms. The standard InChI is InChI=1S/C29H24ClN3O4/c1-37-23-11-5-2-7-17(23)25(34)24-22-10-6-14-33(22)29(19-15-16(30)12-13-21(19)32-27(29)36)28(24)18-8-3-4-9-20(18)31-26(28)35/h2-5,7-9,11-13,15,22,24H,6,10,14H2,1H3,(H,31,35)(H,32,36)/t22-,24-,28+,29-/m1/s1. The van der Waals surface area contributed by atoms with Gasteiger partial charge in [-0.3, -0.25) is 19.3 Å². The summed E-state index contributed by atoms with van der Waals surface area (Å²) in [6, 6.07) is 19.4. The SMILES string of the molecule is COc1ccccc1C(=O)[C@H]1[C@H]2CCCN2[C@]2(C(=O)Nc3ccc(Cl)cc32)[C@]12C(=O)Nc1ccccc12. The van der Waals surface area contributed by atoms with Gasteiger partial charge in [0.1, 0.15) is 16.7 Å². The van der Waals surface area contributed by atoms with Crippen LogP contribution in [0, 0.1) is 5.92 Å². The predicted molar refractivity (Wildman–Crippen MR) is 139 cm³/mol. The lowest BCUT2D eigenvalue weighted by Gasteiger charge is -2.43. The van der Waals surface area contributed by atoms with Crippen molar-refractivity contribution in [3.05, 3.63) is 88.4 Å². The Labute approximate surface area is 218 Å². The average molecular weight is 514 g/mol. The molecule has 0 aliphatic carbocycles. The molecule has 0 unspecified atom stereocenters. The number of rotatable bonds is 3. The van der Waals surface area contributed by atoms with Crippen LogP contribution >= 0.6 is 11.6 Å². The van der Waals surface area contributed by atoms with Gasteiger partial charge in [-0.2, -0.15) is 0 Å². The van der Waals surface area contributed by atoms with Crippen LogP contribution in [0.1, 0.15) is 34.3 Å². The van der Waals surface area contributed by atoms with Gasteiger partial charge in [0, 0.05) is 28.0 Å². The Kier molecular flexibility index (Phi) is 4.66. The zero-order valence-corrected chi connectivity index (χ0v) is 20.8. The second-order valence-electron chi connectivity index (χ2n) is 10.1. The van der Waals surface area contributed by atoms with E-state index < -0.39 is 16.9 Å². The van der Waals surface area contributed by atoms with Crippen LogP contribution in [0.25, 0.3) is 0 Å². The van der Waals surface area contributed by atoms with Crippen molar-refractivity contribution in [2.24, 2.45) is 5.92 Å². The summed E-state index contributed by atoms with van der Waals surface area (Å²) in [5, 5.41) is 6.54. The fourth-order valence-electron chi connectivity index (χ4n) is 7.57. The number of nitrogens with zero attached hydrogens (tertiary/aromatic N) is 1. The van der Waals surface area contributed by atoms with Crippen molar-refractivity contribution < 1.29 is 19.1 Å². The lowest BCUT2D eigenvalue weighted by atomic mass is 9.57. The van der Waals surface area contributed by atoms with Crippen molar-refractivity contribution in [3.63, 3.8) is 0 Å². The van der Waals surface area contributed by atoms with E-state index in [-0.39, 0.29) is 23.6 Å². The Bertz CT molecular complexity index is 1520. The summed E-state index contributed by atoms with van der Waals surface area (Å²) >= 11 is 6.50. The molecule has 7 nitrogen and oxygen atoms in total. The largest absolute Gasteiger partial charge is 0.496 e. The Morgan fingerprint density at radius 2 is 1.70 bits per heavy atom. The van der Waals surface area contributed by atoms with Gasteiger partial charge in [-0.15, -0.1) is 0 Å². The lowest BCUT2D eigenvalue weighted by molar-refractivity contribution is -0.137. The number of hydrogen-bond acceptors (Lipinski definition) is 5. The van der Waals surface area contributed by atoms with E-state index in [1.165, 1.54) is 7.11 Å². The second kappa shape index (κ2) is 7.66.